The summed E-state index contributed by atoms with van der Waals surface area (Å²) in [6.45, 7) is 7.29. The van der Waals surface area contributed by atoms with Crippen molar-refractivity contribution in [2.75, 3.05) is 45.8 Å². The van der Waals surface area contributed by atoms with Crippen LogP contribution in [0, 0.1) is 11.8 Å². The van der Waals surface area contributed by atoms with Crippen LogP contribution in [-0.2, 0) is 18.4 Å². The quantitative estimate of drug-likeness (QED) is 0.828. The van der Waals surface area contributed by atoms with Crippen molar-refractivity contribution >= 4 is 5.97 Å². The van der Waals surface area contributed by atoms with Crippen LogP contribution in [-0.4, -0.2) is 87.2 Å². The standard InChI is InChI=1S/C18H29N5O2/c1-20-5-4-19-17(20)13-21-6-7-23-10-15(18(24)25)9-22(8-14-2-3-14)12-16(23)11-21/h4-5,14-16H,2-3,6-13H2,1H3,(H,24,25). The summed E-state index contributed by atoms with van der Waals surface area (Å²) in [5, 5.41) is 9.60. The highest BCUT2D eigenvalue weighted by Crippen LogP contribution is 2.31. The predicted molar refractivity (Wildman–Crippen MR) is 94.1 cm³/mol. The van der Waals surface area contributed by atoms with E-state index in [0.717, 1.165) is 51.0 Å². The summed E-state index contributed by atoms with van der Waals surface area (Å²) in [5.41, 5.74) is 0. The normalized spacial score (nSPS) is 29.3. The van der Waals surface area contributed by atoms with Crippen LogP contribution in [0.5, 0.6) is 0 Å². The molecule has 0 spiro atoms. The Hall–Kier alpha value is -1.44. The highest BCUT2D eigenvalue weighted by Gasteiger charge is 2.37. The number of aromatic nitrogens is 2. The molecule has 2 atom stereocenters. The van der Waals surface area contributed by atoms with Gasteiger partial charge in [-0.1, -0.05) is 0 Å². The van der Waals surface area contributed by atoms with E-state index in [9.17, 15) is 9.90 Å². The van der Waals surface area contributed by atoms with Crippen molar-refractivity contribution in [2.45, 2.75) is 25.4 Å². The Morgan fingerprint density at radius 1 is 1.20 bits per heavy atom. The third-order valence-electron chi connectivity index (χ3n) is 5.94. The molecule has 3 fully saturated rings. The average molecular weight is 347 g/mol. The van der Waals surface area contributed by atoms with Crippen LogP contribution in [0.1, 0.15) is 18.7 Å². The number of carbonyl (C=O) groups is 1. The topological polar surface area (TPSA) is 64.8 Å². The first-order chi connectivity index (χ1) is 12.1. The smallest absolute Gasteiger partial charge is 0.309 e. The van der Waals surface area contributed by atoms with E-state index in [1.165, 1.54) is 12.8 Å². The minimum atomic E-state index is -0.642. The third kappa shape index (κ3) is 4.04. The van der Waals surface area contributed by atoms with Crippen LogP contribution in [0.3, 0.4) is 0 Å². The van der Waals surface area contributed by atoms with Gasteiger partial charge in [0, 0.05) is 71.3 Å². The van der Waals surface area contributed by atoms with Gasteiger partial charge in [0.1, 0.15) is 5.82 Å². The van der Waals surface area contributed by atoms with E-state index in [2.05, 4.69) is 24.3 Å². The van der Waals surface area contributed by atoms with Gasteiger partial charge in [0.2, 0.25) is 0 Å². The van der Waals surface area contributed by atoms with Gasteiger partial charge < -0.3 is 14.6 Å². The molecule has 1 N–H and O–H groups in total. The number of carboxylic acids is 1. The molecule has 3 heterocycles. The first kappa shape index (κ1) is 17.0. The molecule has 0 radical (unpaired) electrons. The van der Waals surface area contributed by atoms with Gasteiger partial charge in [-0.25, -0.2) is 4.98 Å². The van der Waals surface area contributed by atoms with E-state index in [1.54, 1.807) is 0 Å². The van der Waals surface area contributed by atoms with Gasteiger partial charge in [0.15, 0.2) is 0 Å². The fraction of sp³-hybridized carbons (Fsp3) is 0.778. The largest absolute Gasteiger partial charge is 0.481 e. The Bertz CT molecular complexity index is 614. The zero-order chi connectivity index (χ0) is 17.4. The minimum Gasteiger partial charge on any atom is -0.481 e. The van der Waals surface area contributed by atoms with Crippen molar-refractivity contribution in [3.63, 3.8) is 0 Å². The molecule has 2 aliphatic heterocycles. The van der Waals surface area contributed by atoms with Gasteiger partial charge >= 0.3 is 5.97 Å². The summed E-state index contributed by atoms with van der Waals surface area (Å²) < 4.78 is 2.08. The minimum absolute atomic E-state index is 0.259. The number of carboxylic acid groups (broad SMARTS) is 1. The van der Waals surface area contributed by atoms with Gasteiger partial charge in [-0.2, -0.15) is 0 Å². The Balaban J connectivity index is 1.43. The van der Waals surface area contributed by atoms with E-state index in [4.69, 9.17) is 0 Å². The second-order valence-electron chi connectivity index (χ2n) is 8.04. The van der Waals surface area contributed by atoms with Crippen molar-refractivity contribution in [3.05, 3.63) is 18.2 Å². The number of fused-ring (bicyclic) bond motifs is 1. The number of piperazine rings is 1. The van der Waals surface area contributed by atoms with Gasteiger partial charge in [-0.3, -0.25) is 14.6 Å². The van der Waals surface area contributed by atoms with Crippen LogP contribution in [0.2, 0.25) is 0 Å². The monoisotopic (exact) mass is 347 g/mol. The van der Waals surface area contributed by atoms with Crippen LogP contribution in [0.25, 0.3) is 0 Å². The van der Waals surface area contributed by atoms with E-state index in [0.29, 0.717) is 19.1 Å². The fourth-order valence-corrected chi connectivity index (χ4v) is 4.26. The van der Waals surface area contributed by atoms with E-state index < -0.39 is 5.97 Å². The first-order valence-corrected chi connectivity index (χ1v) is 9.46. The summed E-state index contributed by atoms with van der Waals surface area (Å²) in [5.74, 6) is 0.996. The molecule has 2 unspecified atom stereocenters. The lowest BCUT2D eigenvalue weighted by molar-refractivity contribution is -0.142. The number of rotatable bonds is 5. The van der Waals surface area contributed by atoms with Crippen molar-refractivity contribution in [1.29, 1.82) is 0 Å². The first-order valence-electron chi connectivity index (χ1n) is 9.46. The molecule has 0 aromatic carbocycles. The number of nitrogens with zero attached hydrogens (tertiary/aromatic N) is 5. The molecule has 2 saturated heterocycles. The van der Waals surface area contributed by atoms with E-state index >= 15 is 0 Å². The molecule has 1 aliphatic carbocycles. The van der Waals surface area contributed by atoms with Gasteiger partial charge in [0.05, 0.1) is 12.5 Å². The summed E-state index contributed by atoms with van der Waals surface area (Å²) in [4.78, 5) is 23.4. The maximum atomic E-state index is 11.7. The van der Waals surface area contributed by atoms with E-state index in [1.807, 2.05) is 19.4 Å². The number of imidazole rings is 1. The van der Waals surface area contributed by atoms with Crippen molar-refractivity contribution in [3.8, 4) is 0 Å². The Kier molecular flexibility index (Phi) is 4.80. The molecule has 1 aromatic heterocycles. The average Bonchev–Trinajstić information content (AvgIpc) is 3.33. The molecule has 1 saturated carbocycles. The molecular formula is C18H29N5O2. The highest BCUT2D eigenvalue weighted by molar-refractivity contribution is 5.70. The van der Waals surface area contributed by atoms with Crippen LogP contribution < -0.4 is 0 Å². The molecule has 7 nitrogen and oxygen atoms in total. The maximum Gasteiger partial charge on any atom is 0.309 e. The maximum absolute atomic E-state index is 11.7. The number of aryl methyl sites for hydroxylation is 1. The summed E-state index contributed by atoms with van der Waals surface area (Å²) in [6.07, 6.45) is 6.47. The fourth-order valence-electron chi connectivity index (χ4n) is 4.26. The molecule has 138 valence electrons. The molecule has 7 heteroatoms. The second-order valence-corrected chi connectivity index (χ2v) is 8.04. The second kappa shape index (κ2) is 7.05. The molecule has 0 bridgehead atoms. The zero-order valence-corrected chi connectivity index (χ0v) is 15.0. The Morgan fingerprint density at radius 2 is 2.00 bits per heavy atom. The molecule has 3 aliphatic rings. The number of aliphatic carboxylic acids is 1. The number of hydrogen-bond acceptors (Lipinski definition) is 5. The predicted octanol–water partition coefficient (Wildman–Crippen LogP) is 0.333. The molecule has 4 rings (SSSR count). The molecule has 25 heavy (non-hydrogen) atoms. The molecule has 1 aromatic rings. The van der Waals surface area contributed by atoms with Crippen LogP contribution >= 0.6 is 0 Å². The van der Waals surface area contributed by atoms with Gasteiger partial charge in [-0.15, -0.1) is 0 Å². The Labute approximate surface area is 149 Å². The van der Waals surface area contributed by atoms with Crippen LogP contribution in [0.4, 0.5) is 0 Å². The summed E-state index contributed by atoms with van der Waals surface area (Å²) >= 11 is 0. The SMILES string of the molecule is Cn1ccnc1CN1CCN2CC(C(=O)O)CN(CC3CC3)CC2C1. The Morgan fingerprint density at radius 3 is 2.68 bits per heavy atom. The lowest BCUT2D eigenvalue weighted by Gasteiger charge is -2.41. The summed E-state index contributed by atoms with van der Waals surface area (Å²) in [6, 6.07) is 0.428. The zero-order valence-electron chi connectivity index (χ0n) is 15.0. The lowest BCUT2D eigenvalue weighted by Crippen LogP contribution is -2.55. The van der Waals surface area contributed by atoms with Crippen molar-refractivity contribution in [1.82, 2.24) is 24.3 Å². The van der Waals surface area contributed by atoms with Crippen molar-refractivity contribution in [2.24, 2.45) is 18.9 Å². The van der Waals surface area contributed by atoms with Crippen molar-refractivity contribution < 1.29 is 9.90 Å². The third-order valence-corrected chi connectivity index (χ3v) is 5.94. The lowest BCUT2D eigenvalue weighted by atomic mass is 10.1. The van der Waals surface area contributed by atoms with E-state index in [-0.39, 0.29) is 5.92 Å². The highest BCUT2D eigenvalue weighted by atomic mass is 16.4. The van der Waals surface area contributed by atoms with Crippen LogP contribution in [0.15, 0.2) is 12.4 Å². The van der Waals surface area contributed by atoms with Gasteiger partial charge in [0.25, 0.3) is 0 Å². The van der Waals surface area contributed by atoms with Gasteiger partial charge in [-0.05, 0) is 18.8 Å². The molecule has 0 amide bonds. The summed E-state index contributed by atoms with van der Waals surface area (Å²) in [7, 11) is 2.04. The number of hydrogen-bond donors (Lipinski definition) is 1. The molecular weight excluding hydrogens is 318 g/mol.